The Morgan fingerprint density at radius 3 is 2.65 bits per heavy atom. The molecule has 4 nitrogen and oxygen atoms in total. The fourth-order valence-electron chi connectivity index (χ4n) is 2.89. The monoisotopic (exact) mass is 270 g/mol. The topological polar surface area (TPSA) is 55.1 Å². The van der Waals surface area contributed by atoms with E-state index in [9.17, 15) is 9.90 Å². The Morgan fingerprint density at radius 1 is 1.30 bits per heavy atom. The molecule has 1 aromatic carbocycles. The molecule has 0 fully saturated rings. The summed E-state index contributed by atoms with van der Waals surface area (Å²) in [6, 6.07) is 9.75. The molecule has 0 saturated carbocycles. The van der Waals surface area contributed by atoms with E-state index in [1.807, 2.05) is 30.3 Å². The molecule has 0 amide bonds. The van der Waals surface area contributed by atoms with Crippen molar-refractivity contribution in [3.05, 3.63) is 47.3 Å². The first kappa shape index (κ1) is 12.9. The molecule has 0 atom stereocenters. The molecule has 1 aliphatic carbocycles. The van der Waals surface area contributed by atoms with Crippen molar-refractivity contribution < 1.29 is 9.90 Å². The van der Waals surface area contributed by atoms with Crippen LogP contribution in [0.25, 0.3) is 5.69 Å². The zero-order valence-corrected chi connectivity index (χ0v) is 11.8. The lowest BCUT2D eigenvalue weighted by molar-refractivity contribution is 0.0688. The lowest BCUT2D eigenvalue weighted by Gasteiger charge is -2.30. The van der Waals surface area contributed by atoms with E-state index in [2.05, 4.69) is 18.9 Å². The van der Waals surface area contributed by atoms with E-state index >= 15 is 0 Å². The Kier molecular flexibility index (Phi) is 2.89. The van der Waals surface area contributed by atoms with Crippen molar-refractivity contribution in [3.8, 4) is 5.69 Å². The van der Waals surface area contributed by atoms with Gasteiger partial charge >= 0.3 is 5.97 Å². The summed E-state index contributed by atoms with van der Waals surface area (Å²) in [6.07, 6.45) is 2.65. The van der Waals surface area contributed by atoms with Gasteiger partial charge in [-0.3, -0.25) is 0 Å². The van der Waals surface area contributed by atoms with Crippen LogP contribution in [-0.2, 0) is 12.8 Å². The van der Waals surface area contributed by atoms with Gasteiger partial charge in [-0.2, -0.15) is 5.10 Å². The number of nitrogens with zero attached hydrogens (tertiary/aromatic N) is 2. The number of hydrogen-bond acceptors (Lipinski definition) is 2. The maximum atomic E-state index is 11.4. The number of fused-ring (bicyclic) bond motifs is 1. The minimum absolute atomic E-state index is 0.190. The summed E-state index contributed by atoms with van der Waals surface area (Å²) in [5.41, 5.74) is 3.27. The molecule has 1 aliphatic rings. The molecule has 3 rings (SSSR count). The summed E-state index contributed by atoms with van der Waals surface area (Å²) in [6.45, 7) is 4.44. The van der Waals surface area contributed by atoms with E-state index in [1.54, 1.807) is 4.68 Å². The first-order valence-electron chi connectivity index (χ1n) is 6.87. The van der Waals surface area contributed by atoms with Crippen LogP contribution in [0, 0.1) is 5.41 Å². The van der Waals surface area contributed by atoms with Gasteiger partial charge in [0, 0.05) is 11.3 Å². The normalized spacial score (nSPS) is 16.7. The molecule has 0 bridgehead atoms. The van der Waals surface area contributed by atoms with Crippen LogP contribution in [0.4, 0.5) is 0 Å². The van der Waals surface area contributed by atoms with Gasteiger partial charge in [0.2, 0.25) is 0 Å². The smallest absolute Gasteiger partial charge is 0.356 e. The van der Waals surface area contributed by atoms with Crippen LogP contribution in [-0.4, -0.2) is 20.9 Å². The van der Waals surface area contributed by atoms with Crippen molar-refractivity contribution in [3.63, 3.8) is 0 Å². The standard InChI is InChI=1S/C16H18N2O2/c1-16(2)9-8-12-13(10-16)18(17-14(12)15(19)20)11-6-4-3-5-7-11/h3-7H,8-10H2,1-2H3,(H,19,20). The average Bonchev–Trinajstić information content (AvgIpc) is 2.77. The number of carboxylic acid groups (broad SMARTS) is 1. The SMILES string of the molecule is CC1(C)CCc2c(C(=O)O)nn(-c3ccccc3)c2C1. The minimum atomic E-state index is -0.935. The number of aromatic nitrogens is 2. The number of benzene rings is 1. The zero-order chi connectivity index (χ0) is 14.3. The zero-order valence-electron chi connectivity index (χ0n) is 11.8. The van der Waals surface area contributed by atoms with Crippen LogP contribution in [0.15, 0.2) is 30.3 Å². The summed E-state index contributed by atoms with van der Waals surface area (Å²) >= 11 is 0. The van der Waals surface area contributed by atoms with Crippen LogP contribution in [0.2, 0.25) is 0 Å². The van der Waals surface area contributed by atoms with Crippen LogP contribution < -0.4 is 0 Å². The molecule has 20 heavy (non-hydrogen) atoms. The van der Waals surface area contributed by atoms with Gasteiger partial charge in [-0.1, -0.05) is 32.0 Å². The van der Waals surface area contributed by atoms with Gasteiger partial charge in [0.15, 0.2) is 5.69 Å². The highest BCUT2D eigenvalue weighted by molar-refractivity contribution is 5.87. The quantitative estimate of drug-likeness (QED) is 0.912. The van der Waals surface area contributed by atoms with Gasteiger partial charge in [-0.05, 0) is 36.8 Å². The summed E-state index contributed by atoms with van der Waals surface area (Å²) in [5, 5.41) is 13.7. The van der Waals surface area contributed by atoms with Crippen molar-refractivity contribution in [1.29, 1.82) is 0 Å². The predicted octanol–water partition coefficient (Wildman–Crippen LogP) is 3.09. The summed E-state index contributed by atoms with van der Waals surface area (Å²) in [7, 11) is 0. The number of para-hydroxylation sites is 1. The second kappa shape index (κ2) is 4.47. The van der Waals surface area contributed by atoms with Gasteiger partial charge in [0.05, 0.1) is 5.69 Å². The Bertz CT molecular complexity index is 657. The number of hydrogen-bond donors (Lipinski definition) is 1. The van der Waals surface area contributed by atoms with Crippen LogP contribution >= 0.6 is 0 Å². The third-order valence-electron chi connectivity index (χ3n) is 3.99. The van der Waals surface area contributed by atoms with Crippen molar-refractivity contribution in [2.75, 3.05) is 0 Å². The molecule has 0 unspecified atom stereocenters. The minimum Gasteiger partial charge on any atom is -0.476 e. The molecule has 1 heterocycles. The van der Waals surface area contributed by atoms with Gasteiger partial charge in [-0.15, -0.1) is 0 Å². The first-order chi connectivity index (χ1) is 9.48. The van der Waals surface area contributed by atoms with E-state index in [4.69, 9.17) is 0 Å². The second-order valence-corrected chi connectivity index (χ2v) is 6.17. The highest BCUT2D eigenvalue weighted by Gasteiger charge is 2.33. The molecule has 104 valence electrons. The van der Waals surface area contributed by atoms with E-state index < -0.39 is 5.97 Å². The third kappa shape index (κ3) is 2.11. The largest absolute Gasteiger partial charge is 0.476 e. The Morgan fingerprint density at radius 2 is 2.00 bits per heavy atom. The lowest BCUT2D eigenvalue weighted by Crippen LogP contribution is -2.24. The predicted molar refractivity (Wildman–Crippen MR) is 76.3 cm³/mol. The molecule has 0 spiro atoms. The lowest BCUT2D eigenvalue weighted by atomic mass is 9.76. The molecule has 4 heteroatoms. The molecule has 0 saturated heterocycles. The van der Waals surface area contributed by atoms with Crippen LogP contribution in [0.3, 0.4) is 0 Å². The van der Waals surface area contributed by atoms with E-state index in [-0.39, 0.29) is 11.1 Å². The highest BCUT2D eigenvalue weighted by Crippen LogP contribution is 2.37. The highest BCUT2D eigenvalue weighted by atomic mass is 16.4. The van der Waals surface area contributed by atoms with Crippen LogP contribution in [0.1, 0.15) is 42.0 Å². The molecule has 1 aromatic heterocycles. The number of rotatable bonds is 2. The van der Waals surface area contributed by atoms with E-state index in [0.29, 0.717) is 0 Å². The molecular weight excluding hydrogens is 252 g/mol. The fourth-order valence-corrected chi connectivity index (χ4v) is 2.89. The van der Waals surface area contributed by atoms with Crippen molar-refractivity contribution in [1.82, 2.24) is 9.78 Å². The van der Waals surface area contributed by atoms with E-state index in [0.717, 1.165) is 36.2 Å². The summed E-state index contributed by atoms with van der Waals surface area (Å²) in [4.78, 5) is 11.4. The van der Waals surface area contributed by atoms with Gasteiger partial charge in [0.25, 0.3) is 0 Å². The maximum absolute atomic E-state index is 11.4. The number of carboxylic acids is 1. The second-order valence-electron chi connectivity index (χ2n) is 6.17. The molecule has 0 radical (unpaired) electrons. The maximum Gasteiger partial charge on any atom is 0.356 e. The molecule has 0 aliphatic heterocycles. The van der Waals surface area contributed by atoms with Crippen molar-refractivity contribution >= 4 is 5.97 Å². The third-order valence-corrected chi connectivity index (χ3v) is 3.99. The molecule has 2 aromatic rings. The summed E-state index contributed by atoms with van der Waals surface area (Å²) in [5.74, 6) is -0.935. The first-order valence-corrected chi connectivity index (χ1v) is 6.87. The van der Waals surface area contributed by atoms with Gasteiger partial charge in [0.1, 0.15) is 0 Å². The van der Waals surface area contributed by atoms with Crippen molar-refractivity contribution in [2.45, 2.75) is 33.1 Å². The van der Waals surface area contributed by atoms with Crippen LogP contribution in [0.5, 0.6) is 0 Å². The van der Waals surface area contributed by atoms with Gasteiger partial charge < -0.3 is 5.11 Å². The Balaban J connectivity index is 2.18. The van der Waals surface area contributed by atoms with Crippen molar-refractivity contribution in [2.24, 2.45) is 5.41 Å². The summed E-state index contributed by atoms with van der Waals surface area (Å²) < 4.78 is 1.81. The number of carbonyl (C=O) groups is 1. The van der Waals surface area contributed by atoms with E-state index in [1.165, 1.54) is 0 Å². The fraction of sp³-hybridized carbons (Fsp3) is 0.375. The average molecular weight is 270 g/mol. The number of aromatic carboxylic acids is 1. The molecule has 1 N–H and O–H groups in total. The Hall–Kier alpha value is -2.10. The molecular formula is C16H18N2O2. The van der Waals surface area contributed by atoms with Gasteiger partial charge in [-0.25, -0.2) is 9.48 Å². The Labute approximate surface area is 118 Å².